The van der Waals surface area contributed by atoms with Crippen molar-refractivity contribution in [2.75, 3.05) is 0 Å². The average Bonchev–Trinajstić information content (AvgIpc) is 2.24. The smallest absolute Gasteiger partial charge is 0.373 e. The predicted molar refractivity (Wildman–Crippen MR) is 59.9 cm³/mol. The Hall–Kier alpha value is -1.11. The lowest BCUT2D eigenvalue weighted by Crippen LogP contribution is -3.66. The van der Waals surface area contributed by atoms with Gasteiger partial charge >= 0.3 is 37.1 Å². The minimum atomic E-state index is -1.14. The number of hydrogen-bond acceptors (Lipinski definition) is 4. The zero-order valence-electron chi connectivity index (χ0n) is 10.4. The van der Waals surface area contributed by atoms with Crippen LogP contribution in [0.4, 0.5) is 0 Å². The summed E-state index contributed by atoms with van der Waals surface area (Å²) in [4.78, 5) is 23.6. The summed E-state index contributed by atoms with van der Waals surface area (Å²) in [6, 6.07) is 7.84. The lowest BCUT2D eigenvalue weighted by atomic mass is 10.2. The number of aryl methyl sites for hydroxylation is 1. The van der Waals surface area contributed by atoms with Gasteiger partial charge in [-0.15, -0.1) is 0 Å². The summed E-state index contributed by atoms with van der Waals surface area (Å²) >= 11 is -0.779. The van der Waals surface area contributed by atoms with E-state index in [9.17, 15) is 9.59 Å². The molecule has 1 aliphatic heterocycles. The molecule has 0 N–H and O–H groups in total. The van der Waals surface area contributed by atoms with Crippen LogP contribution in [0.1, 0.15) is 19.4 Å². The van der Waals surface area contributed by atoms with Gasteiger partial charge in [0.1, 0.15) is 0 Å². The van der Waals surface area contributed by atoms with Crippen LogP contribution < -0.4 is 21.2 Å². The van der Waals surface area contributed by atoms with Crippen LogP contribution in [0.5, 0.6) is 0 Å². The fraction of sp³-hybridized carbons (Fsp3) is 0.385. The zero-order valence-corrected chi connectivity index (χ0v) is 12.6. The monoisotopic (exact) mass is 361 g/mol. The summed E-state index contributed by atoms with van der Waals surface area (Å²) in [6.45, 7) is 5.11. The highest BCUT2D eigenvalue weighted by molar-refractivity contribution is 5.99. The van der Waals surface area contributed by atoms with E-state index in [1.807, 2.05) is 31.2 Å². The summed E-state index contributed by atoms with van der Waals surface area (Å²) in [6.07, 6.45) is 0. The van der Waals surface area contributed by atoms with Crippen LogP contribution in [-0.4, -0.2) is 21.7 Å². The van der Waals surface area contributed by atoms with Gasteiger partial charge in [-0.3, -0.25) is 0 Å². The molecule has 1 heterocycles. The van der Waals surface area contributed by atoms with Crippen molar-refractivity contribution in [3.8, 4) is 0 Å². The SMILES string of the molecule is Cc1ccc([I+]C2C(=O)OC(C)(C)OC2=O)cc1. The molecule has 96 valence electrons. The molecule has 0 spiro atoms. The number of carbonyl (C=O) groups is 2. The Morgan fingerprint density at radius 3 is 2.06 bits per heavy atom. The van der Waals surface area contributed by atoms with E-state index in [1.54, 1.807) is 13.8 Å². The molecule has 0 amide bonds. The summed E-state index contributed by atoms with van der Waals surface area (Å²) in [7, 11) is 0. The Morgan fingerprint density at radius 1 is 1.06 bits per heavy atom. The number of rotatable bonds is 2. The fourth-order valence-electron chi connectivity index (χ4n) is 1.53. The number of alkyl halides is 1. The summed E-state index contributed by atoms with van der Waals surface area (Å²) in [5, 5.41) is 0. The number of ether oxygens (including phenoxy) is 2. The topological polar surface area (TPSA) is 52.6 Å². The van der Waals surface area contributed by atoms with Crippen molar-refractivity contribution >= 4 is 11.9 Å². The molecule has 0 aliphatic carbocycles. The molecule has 0 aromatic heterocycles. The quantitative estimate of drug-likeness (QED) is 0.277. The van der Waals surface area contributed by atoms with Crippen molar-refractivity contribution in [3.05, 3.63) is 33.4 Å². The van der Waals surface area contributed by atoms with Gasteiger partial charge in [-0.2, -0.15) is 0 Å². The van der Waals surface area contributed by atoms with Crippen molar-refractivity contribution in [3.63, 3.8) is 0 Å². The minimum absolute atomic E-state index is 0.468. The standard InChI is InChI=1S/C13H14IO4/c1-8-4-6-9(7-5-8)14-10-11(15)17-13(2,3)18-12(10)16/h4-7,10H,1-3H3/q+1. The van der Waals surface area contributed by atoms with Gasteiger partial charge < -0.3 is 9.47 Å². The molecule has 1 aromatic rings. The number of carbonyl (C=O) groups excluding carboxylic acids is 2. The second kappa shape index (κ2) is 4.87. The summed E-state index contributed by atoms with van der Waals surface area (Å²) in [5.74, 6) is -2.07. The molecule has 5 heteroatoms. The van der Waals surface area contributed by atoms with E-state index in [0.29, 0.717) is 0 Å². The second-order valence-electron chi connectivity index (χ2n) is 4.51. The van der Waals surface area contributed by atoms with Crippen LogP contribution in [0.2, 0.25) is 0 Å². The molecule has 4 nitrogen and oxygen atoms in total. The minimum Gasteiger partial charge on any atom is -0.419 e. The fourth-order valence-corrected chi connectivity index (χ4v) is 3.78. The van der Waals surface area contributed by atoms with Crippen LogP contribution in [0.3, 0.4) is 0 Å². The van der Waals surface area contributed by atoms with E-state index in [-0.39, 0.29) is 0 Å². The highest BCUT2D eigenvalue weighted by Crippen LogP contribution is 2.17. The number of esters is 2. The van der Waals surface area contributed by atoms with Crippen LogP contribution >= 0.6 is 0 Å². The van der Waals surface area contributed by atoms with E-state index in [2.05, 4.69) is 0 Å². The van der Waals surface area contributed by atoms with Gasteiger partial charge in [0.25, 0.3) is 5.79 Å². The summed E-state index contributed by atoms with van der Waals surface area (Å²) in [5.41, 5.74) is 1.15. The van der Waals surface area contributed by atoms with Crippen LogP contribution in [0, 0.1) is 10.5 Å². The third kappa shape index (κ3) is 3.01. The molecule has 18 heavy (non-hydrogen) atoms. The molecule has 0 bridgehead atoms. The zero-order chi connectivity index (χ0) is 13.3. The Bertz CT molecular complexity index is 458. The van der Waals surface area contributed by atoms with Gasteiger partial charge in [0.2, 0.25) is 0 Å². The molecule has 1 saturated heterocycles. The van der Waals surface area contributed by atoms with E-state index >= 15 is 0 Å². The Morgan fingerprint density at radius 2 is 1.56 bits per heavy atom. The molecule has 0 radical (unpaired) electrons. The first kappa shape index (κ1) is 13.3. The van der Waals surface area contributed by atoms with Gasteiger partial charge in [0.05, 0.1) is 0 Å². The lowest BCUT2D eigenvalue weighted by molar-refractivity contribution is -0.644. The molecule has 2 rings (SSSR count). The molecule has 0 saturated carbocycles. The van der Waals surface area contributed by atoms with Crippen LogP contribution in [0.25, 0.3) is 0 Å². The van der Waals surface area contributed by atoms with E-state index < -0.39 is 42.9 Å². The van der Waals surface area contributed by atoms with Crippen molar-refractivity contribution in [1.29, 1.82) is 0 Å². The van der Waals surface area contributed by atoms with E-state index in [1.165, 1.54) is 0 Å². The van der Waals surface area contributed by atoms with Gasteiger partial charge in [0, 0.05) is 13.8 Å². The molecular weight excluding hydrogens is 347 g/mol. The van der Waals surface area contributed by atoms with Gasteiger partial charge in [-0.05, 0) is 19.1 Å². The summed E-state index contributed by atoms with van der Waals surface area (Å²) < 4.78 is 10.5. The Labute approximate surface area is 116 Å². The Kier molecular flexibility index (Phi) is 3.61. The van der Waals surface area contributed by atoms with Crippen molar-refractivity contribution in [2.45, 2.75) is 30.5 Å². The predicted octanol–water partition coefficient (Wildman–Crippen LogP) is -1.54. The highest BCUT2D eigenvalue weighted by atomic mass is 127. The molecular formula is C13H14IO4+. The van der Waals surface area contributed by atoms with Gasteiger partial charge in [-0.1, -0.05) is 17.7 Å². The van der Waals surface area contributed by atoms with Crippen molar-refractivity contribution in [2.24, 2.45) is 0 Å². The second-order valence-corrected chi connectivity index (χ2v) is 7.62. The first-order chi connectivity index (χ1) is 8.37. The number of benzene rings is 1. The number of halogens is 1. The first-order valence-corrected chi connectivity index (χ1v) is 7.86. The molecule has 0 atom stereocenters. The van der Waals surface area contributed by atoms with Gasteiger partial charge in [0.15, 0.2) is 3.57 Å². The average molecular weight is 361 g/mol. The third-order valence-corrected chi connectivity index (χ3v) is 5.43. The maximum Gasteiger partial charge on any atom is 0.373 e. The van der Waals surface area contributed by atoms with E-state index in [0.717, 1.165) is 9.13 Å². The molecule has 1 fully saturated rings. The molecule has 1 aliphatic rings. The lowest BCUT2D eigenvalue weighted by Gasteiger charge is -2.29. The third-order valence-electron chi connectivity index (χ3n) is 2.35. The van der Waals surface area contributed by atoms with Crippen molar-refractivity contribution < 1.29 is 40.3 Å². The Balaban J connectivity index is 2.12. The first-order valence-electron chi connectivity index (χ1n) is 5.53. The molecule has 0 unspecified atom stereocenters. The van der Waals surface area contributed by atoms with Gasteiger partial charge in [-0.25, -0.2) is 9.59 Å². The maximum atomic E-state index is 11.8. The van der Waals surface area contributed by atoms with E-state index in [4.69, 9.17) is 9.47 Å². The van der Waals surface area contributed by atoms with Crippen LogP contribution in [0.15, 0.2) is 24.3 Å². The largest absolute Gasteiger partial charge is 0.419 e. The van der Waals surface area contributed by atoms with Crippen LogP contribution in [-0.2, 0) is 19.1 Å². The number of cyclic esters (lactones) is 2. The number of hydrogen-bond donors (Lipinski definition) is 0. The highest BCUT2D eigenvalue weighted by Gasteiger charge is 2.52. The molecule has 1 aromatic carbocycles. The van der Waals surface area contributed by atoms with Crippen molar-refractivity contribution in [1.82, 2.24) is 0 Å². The maximum absolute atomic E-state index is 11.8. The normalized spacial score (nSPS) is 19.3.